The fourth-order valence-corrected chi connectivity index (χ4v) is 3.40. The average Bonchev–Trinajstić information content (AvgIpc) is 3.20. The molecule has 2 heterocycles. The van der Waals surface area contributed by atoms with Crippen LogP contribution in [-0.4, -0.2) is 61.6 Å². The monoisotopic (exact) mass is 426 g/mol. The summed E-state index contributed by atoms with van der Waals surface area (Å²) in [5.41, 5.74) is 4.92. The number of rotatable bonds is 12. The van der Waals surface area contributed by atoms with E-state index in [0.717, 1.165) is 19.4 Å². The second kappa shape index (κ2) is 11.9. The Kier molecular flexibility index (Phi) is 9.54. The molecule has 2 rings (SSSR count). The van der Waals surface area contributed by atoms with E-state index >= 15 is 0 Å². The first-order valence-electron chi connectivity index (χ1n) is 10.5. The maximum Gasteiger partial charge on any atom is 0.330 e. The van der Waals surface area contributed by atoms with Crippen LogP contribution in [0.2, 0.25) is 0 Å². The molecule has 0 aromatic carbocycles. The molecular formula is C20H34N4O6. The minimum absolute atomic E-state index is 0.00419. The van der Waals surface area contributed by atoms with E-state index in [2.05, 4.69) is 4.98 Å². The number of anilines is 2. The molecule has 1 aliphatic rings. The number of H-pyrrole nitrogens is 1. The topological polar surface area (TPSA) is 129 Å². The summed E-state index contributed by atoms with van der Waals surface area (Å²) in [6.45, 7) is 6.26. The van der Waals surface area contributed by atoms with E-state index in [9.17, 15) is 14.4 Å². The summed E-state index contributed by atoms with van der Waals surface area (Å²) in [5, 5.41) is 0. The molecule has 1 unspecified atom stereocenters. The number of ether oxygens (including phenoxy) is 3. The van der Waals surface area contributed by atoms with E-state index in [1.807, 2.05) is 13.8 Å². The summed E-state index contributed by atoms with van der Waals surface area (Å²) in [6, 6.07) is 0. The van der Waals surface area contributed by atoms with Gasteiger partial charge in [0.25, 0.3) is 5.56 Å². The van der Waals surface area contributed by atoms with Gasteiger partial charge in [0.2, 0.25) is 5.91 Å². The zero-order valence-corrected chi connectivity index (χ0v) is 18.1. The van der Waals surface area contributed by atoms with Gasteiger partial charge in [-0.2, -0.15) is 0 Å². The Morgan fingerprint density at radius 3 is 2.77 bits per heavy atom. The van der Waals surface area contributed by atoms with Crippen LogP contribution in [0.5, 0.6) is 0 Å². The van der Waals surface area contributed by atoms with Crippen LogP contribution in [0.4, 0.5) is 11.5 Å². The van der Waals surface area contributed by atoms with Gasteiger partial charge in [-0.25, -0.2) is 4.79 Å². The van der Waals surface area contributed by atoms with Crippen molar-refractivity contribution in [1.29, 1.82) is 0 Å². The number of nitrogens with two attached hydrogens (primary N) is 1. The predicted molar refractivity (Wildman–Crippen MR) is 114 cm³/mol. The number of carbonyl (C=O) groups excluding carboxylic acids is 1. The van der Waals surface area contributed by atoms with Crippen molar-refractivity contribution in [2.45, 2.75) is 52.2 Å². The molecule has 0 bridgehead atoms. The zero-order valence-electron chi connectivity index (χ0n) is 18.1. The molecule has 1 aliphatic heterocycles. The highest BCUT2D eigenvalue weighted by Crippen LogP contribution is 2.19. The number of aromatic amines is 1. The molecule has 1 aromatic heterocycles. The lowest BCUT2D eigenvalue weighted by atomic mass is 10.2. The fraction of sp³-hybridized carbons (Fsp3) is 0.750. The van der Waals surface area contributed by atoms with Crippen LogP contribution >= 0.6 is 0 Å². The molecule has 1 aromatic rings. The van der Waals surface area contributed by atoms with Crippen LogP contribution < -0.4 is 21.9 Å². The number of amides is 1. The Hall–Kier alpha value is -2.17. The quantitative estimate of drug-likeness (QED) is 0.471. The summed E-state index contributed by atoms with van der Waals surface area (Å²) in [4.78, 5) is 41.3. The Morgan fingerprint density at radius 1 is 1.37 bits per heavy atom. The van der Waals surface area contributed by atoms with Gasteiger partial charge in [-0.3, -0.25) is 19.1 Å². The second-order valence-corrected chi connectivity index (χ2v) is 7.85. The summed E-state index contributed by atoms with van der Waals surface area (Å²) in [7, 11) is 1.56. The lowest BCUT2D eigenvalue weighted by Gasteiger charge is -2.25. The van der Waals surface area contributed by atoms with Crippen molar-refractivity contribution in [3.8, 4) is 0 Å². The number of carbonyl (C=O) groups is 1. The maximum atomic E-state index is 12.9. The van der Waals surface area contributed by atoms with E-state index in [1.54, 1.807) is 7.11 Å². The Balaban J connectivity index is 2.17. The van der Waals surface area contributed by atoms with Gasteiger partial charge in [0.1, 0.15) is 5.82 Å². The zero-order chi connectivity index (χ0) is 22.1. The number of hydrogen-bond acceptors (Lipinski definition) is 7. The van der Waals surface area contributed by atoms with Crippen molar-refractivity contribution < 1.29 is 19.0 Å². The first-order chi connectivity index (χ1) is 14.3. The number of nitrogen functional groups attached to an aromatic ring is 1. The summed E-state index contributed by atoms with van der Waals surface area (Å²) in [6.07, 6.45) is 2.66. The largest absolute Gasteiger partial charge is 0.385 e. The molecule has 0 aliphatic carbocycles. The molecule has 1 atom stereocenters. The SMILES string of the molecule is COCCCN(C(=O)CCOCC1CCCO1)c1c(N)n(CC(C)C)c(=O)[nH]c1=O. The first-order valence-corrected chi connectivity index (χ1v) is 10.5. The van der Waals surface area contributed by atoms with E-state index < -0.39 is 11.2 Å². The van der Waals surface area contributed by atoms with Crippen LogP contribution in [0.25, 0.3) is 0 Å². The minimum atomic E-state index is -0.677. The second-order valence-electron chi connectivity index (χ2n) is 7.85. The van der Waals surface area contributed by atoms with E-state index in [0.29, 0.717) is 26.2 Å². The number of nitrogens with one attached hydrogen (secondary N) is 1. The lowest BCUT2D eigenvalue weighted by Crippen LogP contribution is -2.42. The molecule has 10 heteroatoms. The summed E-state index contributed by atoms with van der Waals surface area (Å²) < 4.78 is 17.5. The van der Waals surface area contributed by atoms with Crippen molar-refractivity contribution in [1.82, 2.24) is 9.55 Å². The van der Waals surface area contributed by atoms with Crippen LogP contribution in [0.3, 0.4) is 0 Å². The summed E-state index contributed by atoms with van der Waals surface area (Å²) in [5.74, 6) is -0.179. The third kappa shape index (κ3) is 6.68. The molecular weight excluding hydrogens is 392 g/mol. The van der Waals surface area contributed by atoms with Crippen LogP contribution in [-0.2, 0) is 25.5 Å². The van der Waals surface area contributed by atoms with Crippen molar-refractivity contribution in [2.75, 3.05) is 50.7 Å². The van der Waals surface area contributed by atoms with Gasteiger partial charge in [0, 0.05) is 33.4 Å². The molecule has 30 heavy (non-hydrogen) atoms. The number of aromatic nitrogens is 2. The highest BCUT2D eigenvalue weighted by atomic mass is 16.5. The average molecular weight is 427 g/mol. The van der Waals surface area contributed by atoms with Crippen LogP contribution in [0.1, 0.15) is 39.5 Å². The third-order valence-corrected chi connectivity index (χ3v) is 4.85. The van der Waals surface area contributed by atoms with Gasteiger partial charge in [0.05, 0.1) is 25.7 Å². The van der Waals surface area contributed by atoms with E-state index in [4.69, 9.17) is 19.9 Å². The van der Waals surface area contributed by atoms with Crippen molar-refractivity contribution in [2.24, 2.45) is 5.92 Å². The van der Waals surface area contributed by atoms with Gasteiger partial charge < -0.3 is 24.8 Å². The van der Waals surface area contributed by atoms with Crippen LogP contribution in [0, 0.1) is 5.92 Å². The van der Waals surface area contributed by atoms with Gasteiger partial charge in [-0.05, 0) is 25.2 Å². The molecule has 3 N–H and O–H groups in total. The molecule has 1 saturated heterocycles. The van der Waals surface area contributed by atoms with Crippen LogP contribution in [0.15, 0.2) is 9.59 Å². The molecule has 0 saturated carbocycles. The number of nitrogens with zero attached hydrogens (tertiary/aromatic N) is 2. The standard InChI is InChI=1S/C20H34N4O6/c1-14(2)12-24-18(21)17(19(26)22-20(24)27)23(8-5-9-28-3)16(25)7-11-29-13-15-6-4-10-30-15/h14-15H,4-13,21H2,1-3H3,(H,22,26,27). The van der Waals surface area contributed by atoms with E-state index in [-0.39, 0.29) is 49.0 Å². The van der Waals surface area contributed by atoms with Gasteiger partial charge in [-0.15, -0.1) is 0 Å². The van der Waals surface area contributed by atoms with Gasteiger partial charge in [0.15, 0.2) is 5.69 Å². The Labute approximate surface area is 176 Å². The molecule has 0 spiro atoms. The number of hydrogen-bond donors (Lipinski definition) is 2. The van der Waals surface area contributed by atoms with E-state index in [1.165, 1.54) is 9.47 Å². The van der Waals surface area contributed by atoms with Crippen molar-refractivity contribution in [3.05, 3.63) is 20.8 Å². The molecule has 0 radical (unpaired) electrons. The Morgan fingerprint density at radius 2 is 2.13 bits per heavy atom. The normalized spacial score (nSPS) is 16.3. The molecule has 1 amide bonds. The first kappa shape index (κ1) is 24.1. The molecule has 10 nitrogen and oxygen atoms in total. The molecule has 170 valence electrons. The van der Waals surface area contributed by atoms with Crippen molar-refractivity contribution >= 4 is 17.4 Å². The lowest BCUT2D eigenvalue weighted by molar-refractivity contribution is -0.120. The number of methoxy groups -OCH3 is 1. The fourth-order valence-electron chi connectivity index (χ4n) is 3.40. The third-order valence-electron chi connectivity index (χ3n) is 4.85. The maximum absolute atomic E-state index is 12.9. The summed E-state index contributed by atoms with van der Waals surface area (Å²) >= 11 is 0. The minimum Gasteiger partial charge on any atom is -0.385 e. The van der Waals surface area contributed by atoms with Gasteiger partial charge in [-0.1, -0.05) is 13.8 Å². The van der Waals surface area contributed by atoms with Gasteiger partial charge >= 0.3 is 5.69 Å². The smallest absolute Gasteiger partial charge is 0.330 e. The Bertz CT molecular complexity index is 797. The van der Waals surface area contributed by atoms with Crippen molar-refractivity contribution in [3.63, 3.8) is 0 Å². The highest BCUT2D eigenvalue weighted by molar-refractivity contribution is 5.95. The highest BCUT2D eigenvalue weighted by Gasteiger charge is 2.24. The molecule has 1 fully saturated rings. The predicted octanol–water partition coefficient (Wildman–Crippen LogP) is 0.730.